The van der Waals surface area contributed by atoms with E-state index in [9.17, 15) is 4.39 Å². The van der Waals surface area contributed by atoms with Crippen molar-refractivity contribution in [1.29, 1.82) is 0 Å². The average molecular weight is 524 g/mol. The standard InChI is InChI=1S/C21H25FN6O.HI/c1-3-18(29-19-6-4-5-17(22)11-19)14-27-21(23-2)26-13-16-7-8-20(25-12-16)28-10-9-24-15-28;/h4-12,15,18H,3,13-14H2,1-2H3,(H2,23,26,27);1H. The van der Waals surface area contributed by atoms with Gasteiger partial charge in [0, 0.05) is 38.2 Å². The van der Waals surface area contributed by atoms with E-state index in [1.165, 1.54) is 12.1 Å². The zero-order valence-electron chi connectivity index (χ0n) is 17.0. The van der Waals surface area contributed by atoms with Crippen LogP contribution >= 0.6 is 24.0 Å². The van der Waals surface area contributed by atoms with Gasteiger partial charge in [-0.15, -0.1) is 24.0 Å². The number of aliphatic imine (C=N–C) groups is 1. The van der Waals surface area contributed by atoms with Gasteiger partial charge in [-0.2, -0.15) is 0 Å². The first-order chi connectivity index (χ1) is 14.2. The van der Waals surface area contributed by atoms with Crippen molar-refractivity contribution in [3.8, 4) is 11.6 Å². The Morgan fingerprint density at radius 2 is 2.13 bits per heavy atom. The van der Waals surface area contributed by atoms with Crippen molar-refractivity contribution in [1.82, 2.24) is 25.2 Å². The van der Waals surface area contributed by atoms with E-state index in [4.69, 9.17) is 4.74 Å². The fraction of sp³-hybridized carbons (Fsp3) is 0.286. The number of halogens is 2. The van der Waals surface area contributed by atoms with Crippen LogP contribution in [0.25, 0.3) is 5.82 Å². The minimum Gasteiger partial charge on any atom is -0.489 e. The molecule has 3 rings (SSSR count). The number of rotatable bonds is 8. The summed E-state index contributed by atoms with van der Waals surface area (Å²) < 4.78 is 21.0. The molecule has 30 heavy (non-hydrogen) atoms. The lowest BCUT2D eigenvalue weighted by molar-refractivity contribution is 0.199. The Morgan fingerprint density at radius 3 is 2.77 bits per heavy atom. The van der Waals surface area contributed by atoms with E-state index in [2.05, 4.69) is 25.6 Å². The summed E-state index contributed by atoms with van der Waals surface area (Å²) in [5.41, 5.74) is 1.03. The predicted octanol–water partition coefficient (Wildman–Crippen LogP) is 3.55. The lowest BCUT2D eigenvalue weighted by Gasteiger charge is -2.20. The molecule has 3 aromatic rings. The maximum Gasteiger partial charge on any atom is 0.191 e. The van der Waals surface area contributed by atoms with E-state index in [-0.39, 0.29) is 35.9 Å². The Bertz CT molecular complexity index is 918. The van der Waals surface area contributed by atoms with Crippen LogP contribution in [-0.2, 0) is 6.54 Å². The molecule has 1 atom stereocenters. The number of pyridine rings is 1. The molecule has 0 saturated carbocycles. The van der Waals surface area contributed by atoms with Gasteiger partial charge < -0.3 is 15.4 Å². The fourth-order valence-electron chi connectivity index (χ4n) is 2.69. The summed E-state index contributed by atoms with van der Waals surface area (Å²) >= 11 is 0. The molecule has 7 nitrogen and oxygen atoms in total. The Kier molecular flexibility index (Phi) is 9.52. The monoisotopic (exact) mass is 524 g/mol. The van der Waals surface area contributed by atoms with Crippen LogP contribution in [0.1, 0.15) is 18.9 Å². The van der Waals surface area contributed by atoms with E-state index in [0.717, 1.165) is 17.8 Å². The van der Waals surface area contributed by atoms with Gasteiger partial charge in [-0.25, -0.2) is 14.4 Å². The molecular formula is C21H26FIN6O. The molecule has 0 amide bonds. The first-order valence-corrected chi connectivity index (χ1v) is 9.48. The first-order valence-electron chi connectivity index (χ1n) is 9.48. The molecule has 1 unspecified atom stereocenters. The summed E-state index contributed by atoms with van der Waals surface area (Å²) in [5, 5.41) is 6.50. The number of nitrogens with one attached hydrogen (secondary N) is 2. The molecule has 0 radical (unpaired) electrons. The molecule has 0 spiro atoms. The molecule has 2 N–H and O–H groups in total. The molecule has 0 fully saturated rings. The third-order valence-electron chi connectivity index (χ3n) is 4.31. The van der Waals surface area contributed by atoms with Crippen molar-refractivity contribution in [3.63, 3.8) is 0 Å². The number of aromatic nitrogens is 3. The van der Waals surface area contributed by atoms with Crippen molar-refractivity contribution in [2.75, 3.05) is 13.6 Å². The van der Waals surface area contributed by atoms with Crippen molar-refractivity contribution < 1.29 is 9.13 Å². The van der Waals surface area contributed by atoms with Crippen molar-refractivity contribution in [2.24, 2.45) is 4.99 Å². The van der Waals surface area contributed by atoms with Crippen LogP contribution in [0.15, 0.2) is 66.3 Å². The van der Waals surface area contributed by atoms with Crippen LogP contribution in [0, 0.1) is 5.82 Å². The summed E-state index contributed by atoms with van der Waals surface area (Å²) in [5.74, 6) is 1.68. The van der Waals surface area contributed by atoms with E-state index >= 15 is 0 Å². The Labute approximate surface area is 192 Å². The summed E-state index contributed by atoms with van der Waals surface area (Å²) in [7, 11) is 1.71. The Balaban J connectivity index is 0.00000320. The van der Waals surface area contributed by atoms with Gasteiger partial charge in [-0.05, 0) is 30.2 Å². The molecule has 0 saturated heterocycles. The number of nitrogens with zero attached hydrogens (tertiary/aromatic N) is 4. The van der Waals surface area contributed by atoms with Gasteiger partial charge in [0.1, 0.15) is 29.8 Å². The molecule has 9 heteroatoms. The smallest absolute Gasteiger partial charge is 0.191 e. The van der Waals surface area contributed by atoms with Crippen molar-refractivity contribution in [3.05, 3.63) is 72.7 Å². The summed E-state index contributed by atoms with van der Waals surface area (Å²) in [6.07, 6.45) is 7.77. The van der Waals surface area contributed by atoms with Gasteiger partial charge in [0.25, 0.3) is 0 Å². The fourth-order valence-corrected chi connectivity index (χ4v) is 2.69. The van der Waals surface area contributed by atoms with Crippen molar-refractivity contribution in [2.45, 2.75) is 26.0 Å². The number of imidazole rings is 1. The second kappa shape index (κ2) is 12.1. The van der Waals surface area contributed by atoms with Gasteiger partial charge in [-0.1, -0.05) is 19.1 Å². The third-order valence-corrected chi connectivity index (χ3v) is 4.31. The largest absolute Gasteiger partial charge is 0.489 e. The molecule has 0 aliphatic heterocycles. The number of benzene rings is 1. The lowest BCUT2D eigenvalue weighted by Crippen LogP contribution is -2.42. The normalized spacial score (nSPS) is 12.0. The maximum absolute atomic E-state index is 13.3. The highest BCUT2D eigenvalue weighted by atomic mass is 127. The zero-order chi connectivity index (χ0) is 20.5. The molecule has 2 aromatic heterocycles. The molecule has 160 valence electrons. The summed E-state index contributed by atoms with van der Waals surface area (Å²) in [4.78, 5) is 12.7. The highest BCUT2D eigenvalue weighted by molar-refractivity contribution is 14.0. The number of ether oxygens (including phenoxy) is 1. The molecular weight excluding hydrogens is 498 g/mol. The van der Waals surface area contributed by atoms with Crippen LogP contribution < -0.4 is 15.4 Å². The highest BCUT2D eigenvalue weighted by Gasteiger charge is 2.10. The van der Waals surface area contributed by atoms with Gasteiger partial charge in [0.2, 0.25) is 0 Å². The van der Waals surface area contributed by atoms with E-state index in [1.807, 2.05) is 36.0 Å². The number of hydrogen-bond donors (Lipinski definition) is 2. The van der Waals surface area contributed by atoms with Gasteiger partial charge in [-0.3, -0.25) is 9.56 Å². The van der Waals surface area contributed by atoms with Crippen molar-refractivity contribution >= 4 is 29.9 Å². The summed E-state index contributed by atoms with van der Waals surface area (Å²) in [6.45, 7) is 3.15. The molecule has 1 aromatic carbocycles. The van der Waals surface area contributed by atoms with E-state index < -0.39 is 0 Å². The number of guanidine groups is 1. The highest BCUT2D eigenvalue weighted by Crippen LogP contribution is 2.14. The van der Waals surface area contributed by atoms with Crippen LogP contribution in [0.3, 0.4) is 0 Å². The molecule has 0 aliphatic carbocycles. The minimum absolute atomic E-state index is 0. The summed E-state index contributed by atoms with van der Waals surface area (Å²) in [6, 6.07) is 10.1. The van der Waals surface area contributed by atoms with Crippen LogP contribution in [0.5, 0.6) is 5.75 Å². The predicted molar refractivity (Wildman–Crippen MR) is 126 cm³/mol. The topological polar surface area (TPSA) is 76.4 Å². The van der Waals surface area contributed by atoms with E-state index in [0.29, 0.717) is 24.8 Å². The molecule has 2 heterocycles. The van der Waals surface area contributed by atoms with Gasteiger partial charge in [0.05, 0.1) is 6.54 Å². The zero-order valence-corrected chi connectivity index (χ0v) is 19.3. The lowest BCUT2D eigenvalue weighted by atomic mass is 10.2. The second-order valence-corrected chi connectivity index (χ2v) is 6.41. The van der Waals surface area contributed by atoms with Crippen LogP contribution in [0.4, 0.5) is 4.39 Å². The minimum atomic E-state index is -0.310. The maximum atomic E-state index is 13.3. The second-order valence-electron chi connectivity index (χ2n) is 6.41. The SMILES string of the molecule is CCC(CNC(=NC)NCc1ccc(-n2ccnc2)nc1)Oc1cccc(F)c1.I. The Hall–Kier alpha value is -2.69. The van der Waals surface area contributed by atoms with Gasteiger partial charge in [0.15, 0.2) is 5.96 Å². The quantitative estimate of drug-likeness (QED) is 0.268. The average Bonchev–Trinajstić information content (AvgIpc) is 3.28. The van der Waals surface area contributed by atoms with Crippen LogP contribution in [-0.4, -0.2) is 40.2 Å². The first kappa shape index (κ1) is 23.6. The third kappa shape index (κ3) is 6.97. The number of hydrogen-bond acceptors (Lipinski definition) is 4. The van der Waals surface area contributed by atoms with E-state index in [1.54, 1.807) is 31.7 Å². The Morgan fingerprint density at radius 1 is 1.27 bits per heavy atom. The molecule has 0 aliphatic rings. The molecule has 0 bridgehead atoms. The van der Waals surface area contributed by atoms with Crippen LogP contribution in [0.2, 0.25) is 0 Å². The van der Waals surface area contributed by atoms with Gasteiger partial charge >= 0.3 is 0 Å².